The first kappa shape index (κ1) is 21.2. The smallest absolute Gasteiger partial charge is 0.209 e. The number of anilines is 1. The van der Waals surface area contributed by atoms with Gasteiger partial charge < -0.3 is 20.1 Å². The molecule has 168 valence electrons. The number of ketones is 2. The number of aliphatic hydroxyl groups excluding tert-OH is 2. The quantitative estimate of drug-likeness (QED) is 0.405. The highest BCUT2D eigenvalue weighted by molar-refractivity contribution is 5.94. The van der Waals surface area contributed by atoms with Gasteiger partial charge in [0.25, 0.3) is 0 Å². The molecule has 0 saturated heterocycles. The molecule has 9 heteroatoms. The van der Waals surface area contributed by atoms with E-state index in [0.29, 0.717) is 34.5 Å². The number of aromatic nitrogens is 4. The van der Waals surface area contributed by atoms with Crippen LogP contribution in [0.2, 0.25) is 0 Å². The molecule has 0 aliphatic heterocycles. The molecule has 1 aromatic carbocycles. The Kier molecular flexibility index (Phi) is 4.81. The average molecular weight is 445 g/mol. The Morgan fingerprint density at radius 3 is 2.48 bits per heavy atom. The lowest BCUT2D eigenvalue weighted by molar-refractivity contribution is -0.128. The maximum atomic E-state index is 12.2. The molecule has 3 N–H and O–H groups in total. The highest BCUT2D eigenvalue weighted by Crippen LogP contribution is 2.68. The molecule has 2 aliphatic rings. The molecule has 0 spiro atoms. The molecule has 9 nitrogen and oxygen atoms in total. The number of nitrogens with zero attached hydrogens (tertiary/aromatic N) is 4. The van der Waals surface area contributed by atoms with Crippen LogP contribution in [0.15, 0.2) is 30.6 Å². The second-order valence-corrected chi connectivity index (χ2v) is 8.69. The van der Waals surface area contributed by atoms with E-state index in [0.717, 1.165) is 0 Å². The number of aliphatic hydroxyl groups is 2. The molecule has 0 amide bonds. The van der Waals surface area contributed by atoms with Crippen LogP contribution in [0.4, 0.5) is 5.82 Å². The third-order valence-corrected chi connectivity index (χ3v) is 6.92. The summed E-state index contributed by atoms with van der Waals surface area (Å²) in [4.78, 5) is 37.1. The van der Waals surface area contributed by atoms with Crippen LogP contribution >= 0.6 is 0 Å². The van der Waals surface area contributed by atoms with Crippen molar-refractivity contribution in [2.45, 2.75) is 38.5 Å². The van der Waals surface area contributed by atoms with Crippen molar-refractivity contribution in [1.29, 1.82) is 0 Å². The zero-order valence-corrected chi connectivity index (χ0v) is 18.4. The molecule has 2 saturated carbocycles. The third kappa shape index (κ3) is 3.14. The summed E-state index contributed by atoms with van der Waals surface area (Å²) in [5.41, 5.74) is 1.40. The summed E-state index contributed by atoms with van der Waals surface area (Å²) < 4.78 is 1.72. The minimum Gasteiger partial charge on any atom is -0.389 e. The molecular weight excluding hydrogens is 422 g/mol. The van der Waals surface area contributed by atoms with E-state index in [1.807, 2.05) is 0 Å². The number of imidazole rings is 1. The Hall–Kier alpha value is -3.61. The number of hydrogen-bond acceptors (Lipinski definition) is 8. The Balaban J connectivity index is 1.54. The van der Waals surface area contributed by atoms with Gasteiger partial charge in [0.05, 0.1) is 23.9 Å². The molecule has 3 aromatic rings. The van der Waals surface area contributed by atoms with Crippen LogP contribution in [0.5, 0.6) is 0 Å². The van der Waals surface area contributed by atoms with Crippen LogP contribution in [0.1, 0.15) is 48.1 Å². The van der Waals surface area contributed by atoms with Gasteiger partial charge in [-0.2, -0.15) is 0 Å². The molecule has 2 heterocycles. The monoisotopic (exact) mass is 445 g/mol. The molecule has 5 atom stereocenters. The second-order valence-electron chi connectivity index (χ2n) is 8.69. The third-order valence-electron chi connectivity index (χ3n) is 6.92. The Morgan fingerprint density at radius 2 is 1.88 bits per heavy atom. The van der Waals surface area contributed by atoms with E-state index in [-0.39, 0.29) is 23.3 Å². The van der Waals surface area contributed by atoms with Crippen LogP contribution in [0, 0.1) is 23.2 Å². The number of carbonyl (C=O) groups excluding carboxylic acids is 2. The summed E-state index contributed by atoms with van der Waals surface area (Å²) in [6.07, 6.45) is -0.136. The van der Waals surface area contributed by atoms with Gasteiger partial charge in [-0.25, -0.2) is 15.0 Å². The van der Waals surface area contributed by atoms with Gasteiger partial charge >= 0.3 is 0 Å². The molecular formula is C24H23N5O4. The number of benzene rings is 1. The van der Waals surface area contributed by atoms with Crippen molar-refractivity contribution in [1.82, 2.24) is 19.5 Å². The van der Waals surface area contributed by atoms with Crippen molar-refractivity contribution >= 4 is 28.5 Å². The fourth-order valence-electron chi connectivity index (χ4n) is 5.05. The zero-order valence-electron chi connectivity index (χ0n) is 18.4. The lowest BCUT2D eigenvalue weighted by Gasteiger charge is -2.23. The summed E-state index contributed by atoms with van der Waals surface area (Å²) in [5, 5.41) is 24.3. The molecule has 2 unspecified atom stereocenters. The second kappa shape index (κ2) is 7.47. The van der Waals surface area contributed by atoms with Crippen molar-refractivity contribution in [2.75, 3.05) is 12.4 Å². The highest BCUT2D eigenvalue weighted by Gasteiger charge is 2.74. The average Bonchev–Trinajstić information content (AvgIpc) is 3.35. The van der Waals surface area contributed by atoms with Crippen LogP contribution in [-0.4, -0.2) is 60.6 Å². The summed E-state index contributed by atoms with van der Waals surface area (Å²) in [5.74, 6) is 6.38. The van der Waals surface area contributed by atoms with Gasteiger partial charge in [0, 0.05) is 18.2 Å². The minimum absolute atomic E-state index is 0.0149. The number of carbonyl (C=O) groups is 2. The minimum atomic E-state index is -1.12. The molecule has 5 rings (SSSR count). The number of nitrogens with one attached hydrogen (secondary N) is 1. The van der Waals surface area contributed by atoms with E-state index < -0.39 is 23.7 Å². The fourth-order valence-corrected chi connectivity index (χ4v) is 5.05. The molecule has 2 aromatic heterocycles. The van der Waals surface area contributed by atoms with Crippen LogP contribution in [-0.2, 0) is 4.79 Å². The number of hydrogen-bond donors (Lipinski definition) is 3. The normalized spacial score (nSPS) is 27.5. The van der Waals surface area contributed by atoms with Gasteiger partial charge in [-0.15, -0.1) is 0 Å². The summed E-state index contributed by atoms with van der Waals surface area (Å²) in [6, 6.07) is 6.43. The topological polar surface area (TPSA) is 130 Å². The van der Waals surface area contributed by atoms with Gasteiger partial charge in [0.15, 0.2) is 22.8 Å². The van der Waals surface area contributed by atoms with E-state index in [2.05, 4.69) is 32.1 Å². The van der Waals surface area contributed by atoms with E-state index in [4.69, 9.17) is 0 Å². The SMILES string of the molecule is CNc1nc(C#Cc2ccc(C(C)=O)cc2)nc2c1ncn2[C@@H]1C2C[C@@]2(C(C)=O)C(O)[C@H]1O. The number of rotatable bonds is 4. The van der Waals surface area contributed by atoms with Gasteiger partial charge in [-0.05, 0) is 44.2 Å². The standard InChI is InChI=1S/C24H23N5O4/c1-12(30)15-7-4-14(5-8-15)6-9-17-27-22(25-3)18-23(28-17)29(11-26-18)19-16-10-24(16,13(2)31)21(33)20(19)32/h4-5,7-8,11,16,19-21,32-33H,10H2,1-3H3,(H,25,27,28)/t16?,19-,20+,21?,24+/m1/s1. The van der Waals surface area contributed by atoms with Crippen molar-refractivity contribution in [3.63, 3.8) is 0 Å². The Morgan fingerprint density at radius 1 is 1.15 bits per heavy atom. The molecule has 0 bridgehead atoms. The predicted octanol–water partition coefficient (Wildman–Crippen LogP) is 1.34. The van der Waals surface area contributed by atoms with Gasteiger partial charge in [0.1, 0.15) is 11.9 Å². The predicted molar refractivity (Wildman–Crippen MR) is 120 cm³/mol. The van der Waals surface area contributed by atoms with Crippen molar-refractivity contribution in [2.24, 2.45) is 11.3 Å². The lowest BCUT2D eigenvalue weighted by Crippen LogP contribution is -2.36. The number of fused-ring (bicyclic) bond motifs is 2. The van der Waals surface area contributed by atoms with E-state index in [9.17, 15) is 19.8 Å². The van der Waals surface area contributed by atoms with Crippen LogP contribution < -0.4 is 5.32 Å². The molecule has 2 fully saturated rings. The van der Waals surface area contributed by atoms with E-state index in [1.165, 1.54) is 13.8 Å². The Labute approximate surface area is 189 Å². The maximum Gasteiger partial charge on any atom is 0.209 e. The van der Waals surface area contributed by atoms with Gasteiger partial charge in [0.2, 0.25) is 5.82 Å². The maximum absolute atomic E-state index is 12.2. The van der Waals surface area contributed by atoms with Crippen molar-refractivity contribution in [3.8, 4) is 11.8 Å². The summed E-state index contributed by atoms with van der Waals surface area (Å²) in [6.45, 7) is 2.97. The zero-order chi connectivity index (χ0) is 23.5. The lowest BCUT2D eigenvalue weighted by atomic mass is 9.95. The fraction of sp³-hybridized carbons (Fsp3) is 0.375. The first-order chi connectivity index (χ1) is 15.8. The van der Waals surface area contributed by atoms with Crippen LogP contribution in [0.3, 0.4) is 0 Å². The Bertz CT molecular complexity index is 1350. The largest absolute Gasteiger partial charge is 0.389 e. The molecule has 0 radical (unpaired) electrons. The van der Waals surface area contributed by atoms with E-state index >= 15 is 0 Å². The highest BCUT2D eigenvalue weighted by atomic mass is 16.3. The first-order valence-electron chi connectivity index (χ1n) is 10.7. The van der Waals surface area contributed by atoms with Crippen molar-refractivity contribution < 1.29 is 19.8 Å². The van der Waals surface area contributed by atoms with Gasteiger partial charge in [-0.1, -0.05) is 18.1 Å². The molecule has 33 heavy (non-hydrogen) atoms. The van der Waals surface area contributed by atoms with Crippen molar-refractivity contribution in [3.05, 3.63) is 47.5 Å². The van der Waals surface area contributed by atoms with Crippen LogP contribution in [0.25, 0.3) is 11.2 Å². The van der Waals surface area contributed by atoms with E-state index in [1.54, 1.807) is 42.2 Å². The summed E-state index contributed by atoms with van der Waals surface area (Å²) in [7, 11) is 1.72. The first-order valence-corrected chi connectivity index (χ1v) is 10.7. The number of Topliss-reactive ketones (excluding diaryl/α,β-unsaturated/α-hetero) is 2. The molecule has 2 aliphatic carbocycles. The summed E-state index contributed by atoms with van der Waals surface area (Å²) >= 11 is 0. The van der Waals surface area contributed by atoms with Gasteiger partial charge in [-0.3, -0.25) is 9.59 Å².